The third kappa shape index (κ3) is 4.03. The summed E-state index contributed by atoms with van der Waals surface area (Å²) < 4.78 is 8.02. The summed E-state index contributed by atoms with van der Waals surface area (Å²) in [6.45, 7) is 9.85. The fraction of sp³-hybridized carbons (Fsp3) is 0.393. The third-order valence-electron chi connectivity index (χ3n) is 7.48. The molecule has 4 aromatic heterocycles. The quantitative estimate of drug-likeness (QED) is 0.409. The van der Waals surface area contributed by atoms with Gasteiger partial charge in [0, 0.05) is 49.4 Å². The van der Waals surface area contributed by atoms with Crippen molar-refractivity contribution in [3.05, 3.63) is 69.2 Å². The smallest absolute Gasteiger partial charge is 0.293 e. The van der Waals surface area contributed by atoms with Crippen molar-refractivity contribution in [2.45, 2.75) is 53.5 Å². The number of carbonyl (C=O) groups excluding carboxylic acids is 1. The van der Waals surface area contributed by atoms with Gasteiger partial charge < -0.3 is 14.5 Å². The van der Waals surface area contributed by atoms with Crippen LogP contribution in [0.1, 0.15) is 53.8 Å². The number of nitrogens with one attached hydrogen (secondary N) is 1. The van der Waals surface area contributed by atoms with Gasteiger partial charge in [0.25, 0.3) is 11.5 Å². The summed E-state index contributed by atoms with van der Waals surface area (Å²) in [7, 11) is 1.72. The second kappa shape index (κ2) is 8.90. The lowest BCUT2D eigenvalue weighted by molar-refractivity contribution is 0.0963. The molecule has 10 heteroatoms. The number of nitrogens with zero attached hydrogens (tertiary/aromatic N) is 6. The summed E-state index contributed by atoms with van der Waals surface area (Å²) in [5, 5.41) is 3.89. The van der Waals surface area contributed by atoms with Crippen LogP contribution in [0.25, 0.3) is 11.3 Å². The van der Waals surface area contributed by atoms with E-state index in [1.165, 1.54) is 27.4 Å². The van der Waals surface area contributed by atoms with E-state index in [1.807, 2.05) is 19.1 Å². The summed E-state index contributed by atoms with van der Waals surface area (Å²) in [5.41, 5.74) is 6.68. The highest BCUT2D eigenvalue weighted by Crippen LogP contribution is 2.40. The van der Waals surface area contributed by atoms with Gasteiger partial charge in [0.2, 0.25) is 0 Å². The lowest BCUT2D eigenvalue weighted by atomic mass is 9.90. The van der Waals surface area contributed by atoms with Crippen LogP contribution in [0.2, 0.25) is 0 Å². The van der Waals surface area contributed by atoms with E-state index in [0.29, 0.717) is 24.5 Å². The Hall–Kier alpha value is -3.79. The second-order valence-electron chi connectivity index (χ2n) is 11.0. The Morgan fingerprint density at radius 1 is 1.16 bits per heavy atom. The van der Waals surface area contributed by atoms with E-state index in [-0.39, 0.29) is 22.7 Å². The molecule has 0 radical (unpaired) electrons. The lowest BCUT2D eigenvalue weighted by Crippen LogP contribution is -2.41. The number of hydrogen-bond donors (Lipinski definition) is 1. The van der Waals surface area contributed by atoms with Gasteiger partial charge in [-0.05, 0) is 66.9 Å². The van der Waals surface area contributed by atoms with Gasteiger partial charge in [-0.25, -0.2) is 9.97 Å². The summed E-state index contributed by atoms with van der Waals surface area (Å²) in [5.74, 6) is 0.878. The average molecular weight is 530 g/mol. The zero-order valence-electron chi connectivity index (χ0n) is 22.3. The maximum absolute atomic E-state index is 13.7. The third-order valence-corrected chi connectivity index (χ3v) is 8.28. The van der Waals surface area contributed by atoms with Crippen LogP contribution in [0.15, 0.2) is 35.4 Å². The van der Waals surface area contributed by atoms with Crippen LogP contribution in [0.5, 0.6) is 0 Å². The number of aryl methyl sites for hydroxylation is 2. The van der Waals surface area contributed by atoms with E-state index >= 15 is 0 Å². The van der Waals surface area contributed by atoms with E-state index in [2.05, 4.69) is 46.1 Å². The molecule has 0 spiro atoms. The molecule has 9 nitrogen and oxygen atoms in total. The Kier molecular flexibility index (Phi) is 5.75. The van der Waals surface area contributed by atoms with Crippen molar-refractivity contribution >= 4 is 34.1 Å². The van der Waals surface area contributed by atoms with Crippen LogP contribution in [-0.2, 0) is 32.9 Å². The summed E-state index contributed by atoms with van der Waals surface area (Å²) in [4.78, 5) is 37.8. The van der Waals surface area contributed by atoms with Crippen LogP contribution in [0, 0.1) is 12.3 Å². The molecule has 0 saturated heterocycles. The normalized spacial score (nSPS) is 16.0. The van der Waals surface area contributed by atoms with Crippen molar-refractivity contribution in [2.75, 3.05) is 16.8 Å². The van der Waals surface area contributed by atoms with Crippen molar-refractivity contribution in [3.63, 3.8) is 0 Å². The van der Waals surface area contributed by atoms with Crippen molar-refractivity contribution in [1.82, 2.24) is 23.5 Å². The van der Waals surface area contributed by atoms with E-state index in [9.17, 15) is 9.59 Å². The topological polar surface area (TPSA) is 97.9 Å². The predicted octanol–water partition coefficient (Wildman–Crippen LogP) is 4.50. The first-order chi connectivity index (χ1) is 18.1. The van der Waals surface area contributed by atoms with Gasteiger partial charge in [0.15, 0.2) is 5.82 Å². The minimum absolute atomic E-state index is 0.0147. The molecule has 6 rings (SSSR count). The number of aromatic nitrogens is 5. The number of rotatable bonds is 5. The van der Waals surface area contributed by atoms with Gasteiger partial charge in [-0.1, -0.05) is 20.8 Å². The molecule has 0 saturated carbocycles. The first kappa shape index (κ1) is 24.5. The fourth-order valence-corrected chi connectivity index (χ4v) is 6.43. The predicted molar refractivity (Wildman–Crippen MR) is 150 cm³/mol. The Morgan fingerprint density at radius 2 is 1.97 bits per heavy atom. The molecule has 0 fully saturated rings. The average Bonchev–Trinajstić information content (AvgIpc) is 3.53. The van der Waals surface area contributed by atoms with Crippen molar-refractivity contribution < 1.29 is 4.79 Å². The monoisotopic (exact) mass is 529 g/mol. The lowest BCUT2D eigenvalue weighted by Gasteiger charge is -2.31. The summed E-state index contributed by atoms with van der Waals surface area (Å²) in [6, 6.07) is 5.88. The largest absolute Gasteiger partial charge is 0.339 e. The molecular formula is C28H31N7O2S. The molecule has 2 aliphatic rings. The zero-order valence-corrected chi connectivity index (χ0v) is 23.1. The van der Waals surface area contributed by atoms with Crippen molar-refractivity contribution in [2.24, 2.45) is 12.5 Å². The molecule has 1 amide bonds. The molecule has 5 heterocycles. The molecule has 0 unspecified atom stereocenters. The number of carbonyl (C=O) groups is 1. The van der Waals surface area contributed by atoms with Gasteiger partial charge in [-0.3, -0.25) is 14.5 Å². The summed E-state index contributed by atoms with van der Waals surface area (Å²) in [6.07, 6.45) is 6.12. The highest BCUT2D eigenvalue weighted by atomic mass is 32.1. The Bertz CT molecular complexity index is 1650. The molecule has 1 aliphatic carbocycles. The van der Waals surface area contributed by atoms with Gasteiger partial charge >= 0.3 is 0 Å². The molecule has 0 atom stereocenters. The van der Waals surface area contributed by atoms with E-state index < -0.39 is 0 Å². The SMILES string of the molecule is CCc1c(-c2cn(C)c(=O)c(Nc3cc(C)ns3)n2)ccnc1N1CCn2c(cc3c2CC(C)(C)C3)C1=O. The zero-order chi connectivity index (χ0) is 26.8. The number of amides is 1. The Labute approximate surface area is 225 Å². The molecule has 38 heavy (non-hydrogen) atoms. The molecule has 0 aromatic carbocycles. The first-order valence-corrected chi connectivity index (χ1v) is 13.7. The maximum atomic E-state index is 13.7. The minimum Gasteiger partial charge on any atom is -0.339 e. The van der Waals surface area contributed by atoms with Crippen LogP contribution >= 0.6 is 11.5 Å². The Morgan fingerprint density at radius 3 is 2.71 bits per heavy atom. The minimum atomic E-state index is -0.227. The number of fused-ring (bicyclic) bond motifs is 3. The fourth-order valence-electron chi connectivity index (χ4n) is 5.77. The van der Waals surface area contributed by atoms with Crippen molar-refractivity contribution in [1.29, 1.82) is 0 Å². The Balaban J connectivity index is 1.38. The van der Waals surface area contributed by atoms with Crippen molar-refractivity contribution in [3.8, 4) is 11.3 Å². The second-order valence-corrected chi connectivity index (χ2v) is 11.8. The molecule has 0 bridgehead atoms. The molecule has 4 aromatic rings. The molecule has 1 aliphatic heterocycles. The summed E-state index contributed by atoms with van der Waals surface area (Å²) >= 11 is 1.29. The number of pyridine rings is 1. The van der Waals surface area contributed by atoms with Gasteiger partial charge in [0.1, 0.15) is 16.5 Å². The standard InChI is InChI=1S/C28H31N7O2S/c1-6-18-19(20-15-33(5)27(37)24(30-20)31-23-11-16(2)32-38-23)7-8-29-25(18)35-10-9-34-21(26(35)36)12-17-13-28(3,4)14-22(17)34/h7-8,11-12,15H,6,9-10,13-14H2,1-5H3,(H,30,31). The van der Waals surface area contributed by atoms with Crippen LogP contribution in [0.4, 0.5) is 16.6 Å². The van der Waals surface area contributed by atoms with Crippen LogP contribution < -0.4 is 15.8 Å². The first-order valence-electron chi connectivity index (χ1n) is 12.9. The van der Waals surface area contributed by atoms with Gasteiger partial charge in [0.05, 0.1) is 11.4 Å². The van der Waals surface area contributed by atoms with E-state index in [0.717, 1.165) is 46.9 Å². The van der Waals surface area contributed by atoms with E-state index in [4.69, 9.17) is 4.98 Å². The molecular weight excluding hydrogens is 498 g/mol. The maximum Gasteiger partial charge on any atom is 0.293 e. The van der Waals surface area contributed by atoms with Gasteiger partial charge in [-0.15, -0.1) is 0 Å². The molecule has 196 valence electrons. The number of anilines is 3. The van der Waals surface area contributed by atoms with Crippen LogP contribution in [-0.4, -0.2) is 35.9 Å². The van der Waals surface area contributed by atoms with Gasteiger partial charge in [-0.2, -0.15) is 4.37 Å². The number of hydrogen-bond acceptors (Lipinski definition) is 7. The van der Waals surface area contributed by atoms with Crippen LogP contribution in [0.3, 0.4) is 0 Å². The molecule has 1 N–H and O–H groups in total. The highest BCUT2D eigenvalue weighted by molar-refractivity contribution is 7.10. The highest BCUT2D eigenvalue weighted by Gasteiger charge is 2.37. The van der Waals surface area contributed by atoms with E-state index in [1.54, 1.807) is 24.3 Å².